The van der Waals surface area contributed by atoms with Crippen molar-refractivity contribution in [1.29, 1.82) is 0 Å². The number of aromatic carboxylic acids is 1. The van der Waals surface area contributed by atoms with Gasteiger partial charge in [0.25, 0.3) is 5.56 Å². The summed E-state index contributed by atoms with van der Waals surface area (Å²) in [6, 6.07) is 7.26. The summed E-state index contributed by atoms with van der Waals surface area (Å²) >= 11 is 0. The van der Waals surface area contributed by atoms with Gasteiger partial charge >= 0.3 is 5.97 Å². The lowest BCUT2D eigenvalue weighted by Crippen LogP contribution is -2.12. The lowest BCUT2D eigenvalue weighted by Gasteiger charge is -2.00. The molecule has 82 valence electrons. The number of aromatic nitrogens is 2. The molecule has 0 unspecified atom stereocenters. The predicted molar refractivity (Wildman–Crippen MR) is 58.5 cm³/mol. The Kier molecular flexibility index (Phi) is 2.36. The van der Waals surface area contributed by atoms with Crippen LogP contribution in [0.3, 0.4) is 0 Å². The van der Waals surface area contributed by atoms with Crippen molar-refractivity contribution >= 4 is 5.97 Å². The molecule has 5 nitrogen and oxygen atoms in total. The molecule has 0 bridgehead atoms. The van der Waals surface area contributed by atoms with Gasteiger partial charge in [0, 0.05) is 5.56 Å². The highest BCUT2D eigenvalue weighted by atomic mass is 16.4. The molecule has 0 saturated carbocycles. The fraction of sp³-hybridized carbons (Fsp3) is 0.0909. The van der Waals surface area contributed by atoms with Crippen LogP contribution in [0.25, 0.3) is 11.3 Å². The van der Waals surface area contributed by atoms with Crippen LogP contribution in [-0.4, -0.2) is 21.3 Å². The molecule has 0 aliphatic carbocycles. The number of H-pyrrole nitrogens is 2. The molecule has 0 aliphatic rings. The van der Waals surface area contributed by atoms with Crippen molar-refractivity contribution in [1.82, 2.24) is 10.2 Å². The van der Waals surface area contributed by atoms with Crippen LogP contribution >= 0.6 is 0 Å². The van der Waals surface area contributed by atoms with Crippen molar-refractivity contribution in [3.63, 3.8) is 0 Å². The summed E-state index contributed by atoms with van der Waals surface area (Å²) in [7, 11) is 0. The highest BCUT2D eigenvalue weighted by Crippen LogP contribution is 2.19. The van der Waals surface area contributed by atoms with E-state index in [1.54, 1.807) is 6.07 Å². The first-order chi connectivity index (χ1) is 7.59. The van der Waals surface area contributed by atoms with Crippen molar-refractivity contribution in [2.45, 2.75) is 6.92 Å². The first kappa shape index (κ1) is 10.2. The number of carboxylic acid groups (broad SMARTS) is 1. The first-order valence-corrected chi connectivity index (χ1v) is 4.70. The zero-order valence-electron chi connectivity index (χ0n) is 8.57. The molecule has 0 radical (unpaired) electrons. The standard InChI is InChI=1S/C11H10N2O3/c1-6-3-2-4-7(5-6)9-8(11(15)16)10(14)13-12-9/h2-5H,1H3,(H,15,16)(H2,12,13,14). The molecule has 1 aromatic carbocycles. The molecule has 16 heavy (non-hydrogen) atoms. The van der Waals surface area contributed by atoms with Gasteiger partial charge in [0.2, 0.25) is 0 Å². The Labute approximate surface area is 90.7 Å². The molecule has 2 rings (SSSR count). The van der Waals surface area contributed by atoms with Crippen LogP contribution in [0.4, 0.5) is 0 Å². The van der Waals surface area contributed by atoms with Crippen LogP contribution in [0.5, 0.6) is 0 Å². The highest BCUT2D eigenvalue weighted by Gasteiger charge is 2.18. The maximum atomic E-state index is 11.3. The van der Waals surface area contributed by atoms with Gasteiger partial charge < -0.3 is 5.11 Å². The molecule has 1 aromatic heterocycles. The summed E-state index contributed by atoms with van der Waals surface area (Å²) in [5, 5.41) is 13.8. The molecule has 3 N–H and O–H groups in total. The number of carbonyl (C=O) groups is 1. The minimum absolute atomic E-state index is 0.259. The molecule has 0 atom stereocenters. The minimum atomic E-state index is -1.24. The molecule has 1 heterocycles. The average Bonchev–Trinajstić information content (AvgIpc) is 2.60. The van der Waals surface area contributed by atoms with E-state index < -0.39 is 11.5 Å². The van der Waals surface area contributed by atoms with Crippen LogP contribution in [0, 0.1) is 6.92 Å². The summed E-state index contributed by atoms with van der Waals surface area (Å²) in [5.74, 6) is -1.24. The largest absolute Gasteiger partial charge is 0.477 e. The van der Waals surface area contributed by atoms with Crippen LogP contribution in [0.1, 0.15) is 15.9 Å². The topological polar surface area (TPSA) is 86.0 Å². The maximum absolute atomic E-state index is 11.3. The van der Waals surface area contributed by atoms with Gasteiger partial charge in [-0.05, 0) is 13.0 Å². The van der Waals surface area contributed by atoms with E-state index in [4.69, 9.17) is 5.11 Å². The molecule has 5 heteroatoms. The number of aromatic amines is 2. The fourth-order valence-electron chi connectivity index (χ4n) is 1.58. The van der Waals surface area contributed by atoms with Crippen molar-refractivity contribution < 1.29 is 9.90 Å². The van der Waals surface area contributed by atoms with E-state index in [1.807, 2.05) is 25.1 Å². The molecule has 0 amide bonds. The highest BCUT2D eigenvalue weighted by molar-refractivity contribution is 5.94. The van der Waals surface area contributed by atoms with Crippen molar-refractivity contribution in [2.24, 2.45) is 0 Å². The lowest BCUT2D eigenvalue weighted by molar-refractivity contribution is 0.0696. The SMILES string of the molecule is Cc1cccc(-c2[nH][nH]c(=O)c2C(=O)O)c1. The van der Waals surface area contributed by atoms with Gasteiger partial charge in [-0.3, -0.25) is 15.0 Å². The summed E-state index contributed by atoms with van der Waals surface area (Å²) in [5.41, 5.74) is 1.10. The van der Waals surface area contributed by atoms with Gasteiger partial charge in [0.05, 0.1) is 5.69 Å². The van der Waals surface area contributed by atoms with Gasteiger partial charge in [-0.1, -0.05) is 23.8 Å². The van der Waals surface area contributed by atoms with E-state index >= 15 is 0 Å². The van der Waals surface area contributed by atoms with Crippen LogP contribution < -0.4 is 5.56 Å². The number of aryl methyl sites for hydroxylation is 1. The number of rotatable bonds is 2. The number of nitrogens with one attached hydrogen (secondary N) is 2. The third-order valence-corrected chi connectivity index (χ3v) is 2.30. The molecular formula is C11H10N2O3. The maximum Gasteiger partial charge on any atom is 0.343 e. The Balaban J connectivity index is 2.65. The van der Waals surface area contributed by atoms with Crippen molar-refractivity contribution in [3.8, 4) is 11.3 Å². The van der Waals surface area contributed by atoms with Gasteiger partial charge in [-0.2, -0.15) is 0 Å². The molecule has 0 spiro atoms. The zero-order chi connectivity index (χ0) is 11.7. The average molecular weight is 218 g/mol. The minimum Gasteiger partial charge on any atom is -0.477 e. The fourth-order valence-corrected chi connectivity index (χ4v) is 1.58. The third-order valence-electron chi connectivity index (χ3n) is 2.30. The van der Waals surface area contributed by atoms with Crippen molar-refractivity contribution in [2.75, 3.05) is 0 Å². The number of hydrogen-bond acceptors (Lipinski definition) is 2. The second-order valence-corrected chi connectivity index (χ2v) is 3.50. The molecule has 0 aliphatic heterocycles. The van der Waals surface area contributed by atoms with E-state index in [0.717, 1.165) is 5.56 Å². The van der Waals surface area contributed by atoms with Gasteiger partial charge in [-0.15, -0.1) is 0 Å². The Bertz CT molecular complexity index is 595. The Morgan fingerprint density at radius 3 is 2.69 bits per heavy atom. The quantitative estimate of drug-likeness (QED) is 0.711. The predicted octanol–water partition coefficient (Wildman–Crippen LogP) is 1.38. The Hall–Kier alpha value is -2.30. The summed E-state index contributed by atoms with van der Waals surface area (Å²) in [4.78, 5) is 22.2. The number of carboxylic acids is 1. The van der Waals surface area contributed by atoms with Crippen LogP contribution in [0.2, 0.25) is 0 Å². The second-order valence-electron chi connectivity index (χ2n) is 3.50. The van der Waals surface area contributed by atoms with E-state index in [2.05, 4.69) is 10.2 Å². The zero-order valence-corrected chi connectivity index (χ0v) is 8.57. The third kappa shape index (κ3) is 1.63. The Morgan fingerprint density at radius 1 is 1.31 bits per heavy atom. The number of hydrogen-bond donors (Lipinski definition) is 3. The molecular weight excluding hydrogens is 208 g/mol. The monoisotopic (exact) mass is 218 g/mol. The van der Waals surface area contributed by atoms with Crippen molar-refractivity contribution in [3.05, 3.63) is 45.7 Å². The van der Waals surface area contributed by atoms with Gasteiger partial charge in [0.1, 0.15) is 0 Å². The van der Waals surface area contributed by atoms with E-state index in [-0.39, 0.29) is 5.56 Å². The molecule has 2 aromatic rings. The van der Waals surface area contributed by atoms with Gasteiger partial charge in [0.15, 0.2) is 5.56 Å². The summed E-state index contributed by atoms with van der Waals surface area (Å²) < 4.78 is 0. The first-order valence-electron chi connectivity index (χ1n) is 4.70. The molecule has 0 saturated heterocycles. The Morgan fingerprint density at radius 2 is 2.06 bits per heavy atom. The summed E-state index contributed by atoms with van der Waals surface area (Å²) in [6.45, 7) is 1.90. The van der Waals surface area contributed by atoms with Crippen LogP contribution in [-0.2, 0) is 0 Å². The smallest absolute Gasteiger partial charge is 0.343 e. The summed E-state index contributed by atoms with van der Waals surface area (Å²) in [6.07, 6.45) is 0. The van der Waals surface area contributed by atoms with Gasteiger partial charge in [-0.25, -0.2) is 4.79 Å². The van der Waals surface area contributed by atoms with Crippen LogP contribution in [0.15, 0.2) is 29.1 Å². The molecule has 0 fully saturated rings. The van der Waals surface area contributed by atoms with E-state index in [0.29, 0.717) is 11.3 Å². The van der Waals surface area contributed by atoms with E-state index in [1.165, 1.54) is 0 Å². The second kappa shape index (κ2) is 3.69. The lowest BCUT2D eigenvalue weighted by atomic mass is 10.1. The normalized spacial score (nSPS) is 10.3. The number of benzene rings is 1. The van der Waals surface area contributed by atoms with E-state index in [9.17, 15) is 9.59 Å².